The second kappa shape index (κ2) is 15.5. The smallest absolute Gasteiger partial charge is 0.161 e. The highest BCUT2D eigenvalue weighted by Gasteiger charge is 2.15. The van der Waals surface area contributed by atoms with E-state index in [1.165, 1.54) is 27.1 Å². The summed E-state index contributed by atoms with van der Waals surface area (Å²) >= 11 is 0. The lowest BCUT2D eigenvalue weighted by Crippen LogP contribution is -2.05. The number of fused-ring (bicyclic) bond motifs is 5. The molecule has 0 aliphatic rings. The van der Waals surface area contributed by atoms with Crippen LogP contribution >= 0.6 is 0 Å². The molecule has 3 heterocycles. The summed E-state index contributed by atoms with van der Waals surface area (Å²) in [5, 5.41) is 6.79. The van der Waals surface area contributed by atoms with Crippen LogP contribution in [0.4, 0.5) is 0 Å². The molecule has 0 N–H and O–H groups in total. The van der Waals surface area contributed by atoms with Gasteiger partial charge in [-0.25, -0.2) is 15.0 Å². The largest absolute Gasteiger partial charge is 0.264 e. The standard InChI is InChI=1S/C53H36N6/c1-54-52(38-13-4-2-5-14-38)59-53(39-15-6-3-7-16-39)57-33-35-29-42(32-43(30-35)49-44-19-10-8-17-40(44)31-41-18-9-11-20-45(41)49)36-22-24-37(25-23-36)50-46-26-28-55-34-47(46)51-48(58-50)21-12-27-56-51/h2-32,34H,1,33H2. The zero-order valence-electron chi connectivity index (χ0n) is 32.1. The fourth-order valence-electron chi connectivity index (χ4n) is 7.95. The first-order valence-electron chi connectivity index (χ1n) is 19.5. The van der Waals surface area contributed by atoms with Crippen LogP contribution < -0.4 is 0 Å². The summed E-state index contributed by atoms with van der Waals surface area (Å²) < 4.78 is 0. The number of aliphatic imine (C=N–C) groups is 3. The van der Waals surface area contributed by atoms with E-state index in [2.05, 4.69) is 119 Å². The van der Waals surface area contributed by atoms with Gasteiger partial charge < -0.3 is 0 Å². The lowest BCUT2D eigenvalue weighted by atomic mass is 9.89. The molecule has 6 heteroatoms. The molecule has 0 saturated carbocycles. The molecule has 0 radical (unpaired) electrons. The third kappa shape index (κ3) is 6.94. The number of amidine groups is 2. The van der Waals surface area contributed by atoms with Crippen molar-refractivity contribution in [2.45, 2.75) is 6.54 Å². The van der Waals surface area contributed by atoms with Crippen LogP contribution in [0.3, 0.4) is 0 Å². The van der Waals surface area contributed by atoms with Crippen molar-refractivity contribution in [3.8, 4) is 33.5 Å². The van der Waals surface area contributed by atoms with Crippen molar-refractivity contribution < 1.29 is 0 Å². The minimum Gasteiger partial charge on any atom is -0.264 e. The highest BCUT2D eigenvalue weighted by atomic mass is 15.0. The zero-order valence-corrected chi connectivity index (χ0v) is 32.1. The summed E-state index contributed by atoms with van der Waals surface area (Å²) in [7, 11) is 0. The van der Waals surface area contributed by atoms with Gasteiger partial charge in [-0.2, -0.15) is 0 Å². The predicted molar refractivity (Wildman–Crippen MR) is 245 cm³/mol. The monoisotopic (exact) mass is 756 g/mol. The van der Waals surface area contributed by atoms with Gasteiger partial charge in [-0.05, 0) is 98.5 Å². The summed E-state index contributed by atoms with van der Waals surface area (Å²) in [4.78, 5) is 28.6. The Kier molecular flexibility index (Phi) is 9.33. The topological polar surface area (TPSA) is 75.8 Å². The molecule has 59 heavy (non-hydrogen) atoms. The normalized spacial score (nSPS) is 12.1. The van der Waals surface area contributed by atoms with E-state index >= 15 is 0 Å². The van der Waals surface area contributed by atoms with Crippen LogP contribution in [0.25, 0.3) is 76.9 Å². The Morgan fingerprint density at radius 3 is 1.86 bits per heavy atom. The van der Waals surface area contributed by atoms with Crippen LogP contribution in [0.15, 0.2) is 209 Å². The first-order valence-corrected chi connectivity index (χ1v) is 19.5. The van der Waals surface area contributed by atoms with Gasteiger partial charge in [0.1, 0.15) is 0 Å². The lowest BCUT2D eigenvalue weighted by molar-refractivity contribution is 1.06. The van der Waals surface area contributed by atoms with Crippen LogP contribution in [-0.4, -0.2) is 33.3 Å². The zero-order chi connectivity index (χ0) is 39.5. The molecule has 0 aliphatic heterocycles. The maximum Gasteiger partial charge on any atom is 0.161 e. The Bertz CT molecular complexity index is 3190. The van der Waals surface area contributed by atoms with Crippen molar-refractivity contribution in [3.05, 3.63) is 211 Å². The molecule has 0 atom stereocenters. The van der Waals surface area contributed by atoms with Crippen molar-refractivity contribution >= 4 is 61.7 Å². The maximum atomic E-state index is 5.20. The van der Waals surface area contributed by atoms with E-state index in [9.17, 15) is 0 Å². The number of hydrogen-bond acceptors (Lipinski definition) is 4. The number of benzene rings is 7. The van der Waals surface area contributed by atoms with Crippen molar-refractivity contribution in [1.82, 2.24) is 15.0 Å². The minimum absolute atomic E-state index is 0.392. The first kappa shape index (κ1) is 35.5. The van der Waals surface area contributed by atoms with E-state index < -0.39 is 0 Å². The van der Waals surface area contributed by atoms with Crippen LogP contribution in [0, 0.1) is 0 Å². The molecule has 10 aromatic rings. The van der Waals surface area contributed by atoms with Crippen LogP contribution in [0.5, 0.6) is 0 Å². The molecule has 0 saturated heterocycles. The molecular weight excluding hydrogens is 721 g/mol. The molecule has 3 aromatic heterocycles. The van der Waals surface area contributed by atoms with Gasteiger partial charge in [0.05, 0.1) is 23.3 Å². The quantitative estimate of drug-likeness (QED) is 0.0703. The summed E-state index contributed by atoms with van der Waals surface area (Å²) in [5.41, 5.74) is 10.9. The average Bonchev–Trinajstić information content (AvgIpc) is 3.31. The highest BCUT2D eigenvalue weighted by Crippen LogP contribution is 2.39. The summed E-state index contributed by atoms with van der Waals surface area (Å²) in [6.07, 6.45) is 5.49. The van der Waals surface area contributed by atoms with Crippen molar-refractivity contribution in [2.75, 3.05) is 0 Å². The molecule has 0 spiro atoms. The Balaban J connectivity index is 1.13. The van der Waals surface area contributed by atoms with Crippen molar-refractivity contribution in [2.24, 2.45) is 15.0 Å². The lowest BCUT2D eigenvalue weighted by Gasteiger charge is -2.15. The third-order valence-electron chi connectivity index (χ3n) is 10.7. The van der Waals surface area contributed by atoms with Gasteiger partial charge in [-0.1, -0.05) is 133 Å². The minimum atomic E-state index is 0.392. The molecule has 6 nitrogen and oxygen atoms in total. The molecule has 7 aromatic carbocycles. The Hall–Kier alpha value is -7.96. The molecule has 0 fully saturated rings. The summed E-state index contributed by atoms with van der Waals surface area (Å²) in [6.45, 7) is 4.24. The SMILES string of the molecule is C=NC(=NC(=NCc1cc(-c2ccc(-c3nc4cccnc4c4cnccc34)cc2)cc(-c2c3ccccc3cc3ccccc23)c1)c1ccccc1)c1ccccc1. The number of rotatable bonds is 7. The van der Waals surface area contributed by atoms with Gasteiger partial charge in [0.15, 0.2) is 11.7 Å². The van der Waals surface area contributed by atoms with Crippen LogP contribution in [0.2, 0.25) is 0 Å². The van der Waals surface area contributed by atoms with Crippen LogP contribution in [0.1, 0.15) is 16.7 Å². The van der Waals surface area contributed by atoms with Gasteiger partial charge in [-0.3, -0.25) is 15.0 Å². The Morgan fingerprint density at radius 1 is 0.508 bits per heavy atom. The van der Waals surface area contributed by atoms with Gasteiger partial charge >= 0.3 is 0 Å². The van der Waals surface area contributed by atoms with E-state index in [1.54, 1.807) is 6.20 Å². The predicted octanol–water partition coefficient (Wildman–Crippen LogP) is 12.6. The molecule has 0 bridgehead atoms. The Labute approximate surface area is 341 Å². The summed E-state index contributed by atoms with van der Waals surface area (Å²) in [6, 6.07) is 61.0. The van der Waals surface area contributed by atoms with E-state index in [4.69, 9.17) is 15.0 Å². The second-order valence-electron chi connectivity index (χ2n) is 14.4. The van der Waals surface area contributed by atoms with Gasteiger partial charge in [0.25, 0.3) is 0 Å². The Morgan fingerprint density at radius 2 is 1.15 bits per heavy atom. The second-order valence-corrected chi connectivity index (χ2v) is 14.4. The molecule has 10 rings (SSSR count). The number of pyridine rings is 3. The number of nitrogens with zero attached hydrogens (tertiary/aromatic N) is 6. The van der Waals surface area contributed by atoms with Crippen molar-refractivity contribution in [3.63, 3.8) is 0 Å². The van der Waals surface area contributed by atoms with Gasteiger partial charge in [0.2, 0.25) is 0 Å². The third-order valence-corrected chi connectivity index (χ3v) is 10.7. The molecule has 0 aliphatic carbocycles. The van der Waals surface area contributed by atoms with E-state index in [0.29, 0.717) is 18.2 Å². The first-order chi connectivity index (χ1) is 29.2. The number of hydrogen-bond donors (Lipinski definition) is 0. The molecular formula is C53H36N6. The number of aromatic nitrogens is 3. The average molecular weight is 757 g/mol. The molecule has 278 valence electrons. The van der Waals surface area contributed by atoms with E-state index in [0.717, 1.165) is 66.4 Å². The van der Waals surface area contributed by atoms with Gasteiger partial charge in [0, 0.05) is 46.1 Å². The molecule has 0 amide bonds. The van der Waals surface area contributed by atoms with E-state index in [1.807, 2.05) is 91.3 Å². The van der Waals surface area contributed by atoms with Crippen LogP contribution in [-0.2, 0) is 6.54 Å². The molecule has 0 unspecified atom stereocenters. The fourth-order valence-corrected chi connectivity index (χ4v) is 7.95. The maximum absolute atomic E-state index is 5.20. The van der Waals surface area contributed by atoms with Crippen molar-refractivity contribution in [1.29, 1.82) is 0 Å². The van der Waals surface area contributed by atoms with E-state index in [-0.39, 0.29) is 0 Å². The van der Waals surface area contributed by atoms with Gasteiger partial charge in [-0.15, -0.1) is 0 Å². The summed E-state index contributed by atoms with van der Waals surface area (Å²) in [5.74, 6) is 1.11. The highest BCUT2D eigenvalue weighted by molar-refractivity contribution is 6.14. The fraction of sp³-hybridized carbons (Fsp3) is 0.0189.